The lowest BCUT2D eigenvalue weighted by Gasteiger charge is -2.16. The zero-order valence-electron chi connectivity index (χ0n) is 11.9. The molecule has 2 unspecified atom stereocenters. The maximum Gasteiger partial charge on any atom is 0.242 e. The molecule has 6 heteroatoms. The SMILES string of the molecule is CCCCc1cc(NC(=O)C(N)C(C)CC)n[nH]1.Cl. The minimum atomic E-state index is -0.481. The summed E-state index contributed by atoms with van der Waals surface area (Å²) >= 11 is 0. The Labute approximate surface area is 121 Å². The van der Waals surface area contributed by atoms with Gasteiger partial charge in [-0.05, 0) is 18.8 Å². The number of hydrogen-bond acceptors (Lipinski definition) is 3. The van der Waals surface area contributed by atoms with Crippen LogP contribution in [0, 0.1) is 5.92 Å². The van der Waals surface area contributed by atoms with E-state index in [1.807, 2.05) is 19.9 Å². The first-order chi connectivity index (χ1) is 8.58. The first-order valence-corrected chi connectivity index (χ1v) is 6.69. The van der Waals surface area contributed by atoms with Crippen LogP contribution in [0.15, 0.2) is 6.07 Å². The maximum atomic E-state index is 11.8. The summed E-state index contributed by atoms with van der Waals surface area (Å²) in [6.45, 7) is 6.14. The van der Waals surface area contributed by atoms with Crippen LogP contribution in [-0.2, 0) is 11.2 Å². The molecule has 19 heavy (non-hydrogen) atoms. The van der Waals surface area contributed by atoms with Crippen molar-refractivity contribution in [3.63, 3.8) is 0 Å². The van der Waals surface area contributed by atoms with Crippen molar-refractivity contribution in [2.24, 2.45) is 11.7 Å². The van der Waals surface area contributed by atoms with E-state index in [9.17, 15) is 4.79 Å². The first kappa shape index (κ1) is 17.9. The molecule has 1 rings (SSSR count). The number of nitrogens with zero attached hydrogens (tertiary/aromatic N) is 1. The number of nitrogens with two attached hydrogens (primary N) is 1. The van der Waals surface area contributed by atoms with Crippen molar-refractivity contribution in [2.45, 2.75) is 52.5 Å². The minimum absolute atomic E-state index is 0. The molecule has 0 aliphatic heterocycles. The fraction of sp³-hybridized carbons (Fsp3) is 0.692. The molecule has 0 aromatic carbocycles. The van der Waals surface area contributed by atoms with E-state index >= 15 is 0 Å². The molecule has 0 spiro atoms. The minimum Gasteiger partial charge on any atom is -0.320 e. The molecule has 0 saturated heterocycles. The quantitative estimate of drug-likeness (QED) is 0.721. The zero-order valence-corrected chi connectivity index (χ0v) is 12.7. The molecule has 1 amide bonds. The topological polar surface area (TPSA) is 83.8 Å². The van der Waals surface area contributed by atoms with Crippen molar-refractivity contribution in [1.29, 1.82) is 0 Å². The number of aromatic nitrogens is 2. The molecule has 1 aromatic rings. The molecule has 0 saturated carbocycles. The fourth-order valence-corrected chi connectivity index (χ4v) is 1.64. The predicted molar refractivity (Wildman–Crippen MR) is 80.5 cm³/mol. The van der Waals surface area contributed by atoms with E-state index in [1.54, 1.807) is 0 Å². The van der Waals surface area contributed by atoms with Gasteiger partial charge in [0, 0.05) is 11.8 Å². The van der Waals surface area contributed by atoms with Crippen LogP contribution in [0.1, 0.15) is 45.7 Å². The second kappa shape index (κ2) is 8.93. The molecule has 1 heterocycles. The monoisotopic (exact) mass is 288 g/mol. The van der Waals surface area contributed by atoms with E-state index in [2.05, 4.69) is 22.4 Å². The Kier molecular flexibility index (Phi) is 8.43. The third-order valence-electron chi connectivity index (χ3n) is 3.24. The molecule has 0 bridgehead atoms. The van der Waals surface area contributed by atoms with E-state index < -0.39 is 6.04 Å². The van der Waals surface area contributed by atoms with Gasteiger partial charge in [0.1, 0.15) is 0 Å². The fourth-order valence-electron chi connectivity index (χ4n) is 1.64. The highest BCUT2D eigenvalue weighted by atomic mass is 35.5. The number of unbranched alkanes of at least 4 members (excludes halogenated alkanes) is 1. The van der Waals surface area contributed by atoms with Gasteiger partial charge in [0.2, 0.25) is 5.91 Å². The van der Waals surface area contributed by atoms with Crippen LogP contribution in [0.2, 0.25) is 0 Å². The Morgan fingerprint density at radius 3 is 2.79 bits per heavy atom. The Morgan fingerprint density at radius 1 is 1.53 bits per heavy atom. The van der Waals surface area contributed by atoms with Gasteiger partial charge in [-0.2, -0.15) is 5.10 Å². The van der Waals surface area contributed by atoms with E-state index in [0.29, 0.717) is 5.82 Å². The summed E-state index contributed by atoms with van der Waals surface area (Å²) in [5, 5.41) is 9.73. The third kappa shape index (κ3) is 5.61. The number of rotatable bonds is 7. The van der Waals surface area contributed by atoms with Crippen LogP contribution in [0.5, 0.6) is 0 Å². The van der Waals surface area contributed by atoms with Crippen molar-refractivity contribution < 1.29 is 4.79 Å². The lowest BCUT2D eigenvalue weighted by Crippen LogP contribution is -2.40. The summed E-state index contributed by atoms with van der Waals surface area (Å²) in [5.41, 5.74) is 6.90. The zero-order chi connectivity index (χ0) is 13.5. The Balaban J connectivity index is 0.00000324. The van der Waals surface area contributed by atoms with Crippen LogP contribution in [0.4, 0.5) is 5.82 Å². The Bertz CT molecular complexity index is 380. The highest BCUT2D eigenvalue weighted by Crippen LogP contribution is 2.11. The average molecular weight is 289 g/mol. The third-order valence-corrected chi connectivity index (χ3v) is 3.24. The Hall–Kier alpha value is -1.07. The number of aryl methyl sites for hydroxylation is 1. The summed E-state index contributed by atoms with van der Waals surface area (Å²) < 4.78 is 0. The maximum absolute atomic E-state index is 11.8. The number of nitrogens with one attached hydrogen (secondary N) is 2. The molecule has 5 nitrogen and oxygen atoms in total. The number of hydrogen-bond donors (Lipinski definition) is 3. The van der Waals surface area contributed by atoms with E-state index in [-0.39, 0.29) is 24.2 Å². The van der Waals surface area contributed by atoms with Crippen LogP contribution in [-0.4, -0.2) is 22.1 Å². The molecule has 2 atom stereocenters. The molecular formula is C13H25ClN4O. The molecule has 0 radical (unpaired) electrons. The van der Waals surface area contributed by atoms with Crippen molar-refractivity contribution >= 4 is 24.1 Å². The summed E-state index contributed by atoms with van der Waals surface area (Å²) in [5.74, 6) is 0.561. The number of anilines is 1. The van der Waals surface area contributed by atoms with Crippen LogP contribution < -0.4 is 11.1 Å². The van der Waals surface area contributed by atoms with Gasteiger partial charge in [0.05, 0.1) is 6.04 Å². The number of aromatic amines is 1. The second-order valence-electron chi connectivity index (χ2n) is 4.78. The highest BCUT2D eigenvalue weighted by Gasteiger charge is 2.20. The smallest absolute Gasteiger partial charge is 0.242 e. The lowest BCUT2D eigenvalue weighted by atomic mass is 9.99. The molecule has 0 aliphatic rings. The molecule has 4 N–H and O–H groups in total. The van der Waals surface area contributed by atoms with Gasteiger partial charge < -0.3 is 11.1 Å². The number of halogens is 1. The van der Waals surface area contributed by atoms with E-state index in [0.717, 1.165) is 31.4 Å². The first-order valence-electron chi connectivity index (χ1n) is 6.69. The number of amides is 1. The van der Waals surface area contributed by atoms with Crippen LogP contribution in [0.25, 0.3) is 0 Å². The average Bonchev–Trinajstić information content (AvgIpc) is 2.81. The second-order valence-corrected chi connectivity index (χ2v) is 4.78. The van der Waals surface area contributed by atoms with Gasteiger partial charge in [0.25, 0.3) is 0 Å². The lowest BCUT2D eigenvalue weighted by molar-refractivity contribution is -0.118. The molecule has 0 fully saturated rings. The van der Waals surface area contributed by atoms with Gasteiger partial charge in [-0.3, -0.25) is 9.89 Å². The van der Waals surface area contributed by atoms with E-state index in [1.165, 1.54) is 0 Å². The molecule has 0 aliphatic carbocycles. The standard InChI is InChI=1S/C13H24N4O.ClH/c1-4-6-7-10-8-11(17-16-10)15-13(18)12(14)9(3)5-2;/h8-9,12H,4-7,14H2,1-3H3,(H2,15,16,17,18);1H. The summed E-state index contributed by atoms with van der Waals surface area (Å²) in [6.07, 6.45) is 4.09. The normalized spacial score (nSPS) is 13.5. The van der Waals surface area contributed by atoms with Gasteiger partial charge in [-0.15, -0.1) is 12.4 Å². The summed E-state index contributed by atoms with van der Waals surface area (Å²) in [4.78, 5) is 11.8. The molecular weight excluding hydrogens is 264 g/mol. The van der Waals surface area contributed by atoms with Crippen LogP contribution in [0.3, 0.4) is 0 Å². The number of carbonyl (C=O) groups is 1. The summed E-state index contributed by atoms with van der Waals surface area (Å²) in [7, 11) is 0. The van der Waals surface area contributed by atoms with E-state index in [4.69, 9.17) is 5.73 Å². The number of carbonyl (C=O) groups excluding carboxylic acids is 1. The predicted octanol–water partition coefficient (Wildman–Crippen LogP) is 2.49. The van der Waals surface area contributed by atoms with Crippen molar-refractivity contribution in [2.75, 3.05) is 5.32 Å². The van der Waals surface area contributed by atoms with Crippen molar-refractivity contribution in [3.8, 4) is 0 Å². The summed E-state index contributed by atoms with van der Waals surface area (Å²) in [6, 6.07) is 1.39. The van der Waals surface area contributed by atoms with Gasteiger partial charge in [-0.1, -0.05) is 33.6 Å². The molecule has 110 valence electrons. The molecule has 1 aromatic heterocycles. The Morgan fingerprint density at radius 2 is 2.21 bits per heavy atom. The van der Waals surface area contributed by atoms with Crippen molar-refractivity contribution in [3.05, 3.63) is 11.8 Å². The van der Waals surface area contributed by atoms with Crippen molar-refractivity contribution in [1.82, 2.24) is 10.2 Å². The van der Waals surface area contributed by atoms with Gasteiger partial charge >= 0.3 is 0 Å². The van der Waals surface area contributed by atoms with Gasteiger partial charge in [-0.25, -0.2) is 0 Å². The number of H-pyrrole nitrogens is 1. The largest absolute Gasteiger partial charge is 0.320 e. The van der Waals surface area contributed by atoms with Crippen LogP contribution >= 0.6 is 12.4 Å². The highest BCUT2D eigenvalue weighted by molar-refractivity contribution is 5.94. The van der Waals surface area contributed by atoms with Gasteiger partial charge in [0.15, 0.2) is 5.82 Å².